The van der Waals surface area contributed by atoms with Gasteiger partial charge in [0.1, 0.15) is 11.5 Å². The molecule has 2 aromatic heterocycles. The summed E-state index contributed by atoms with van der Waals surface area (Å²) in [4.78, 5) is 35.5. The van der Waals surface area contributed by atoms with Crippen molar-refractivity contribution in [2.45, 2.75) is 20.8 Å². The number of nitrogens with one attached hydrogen (secondary N) is 1. The number of aromatic nitrogens is 2. The summed E-state index contributed by atoms with van der Waals surface area (Å²) < 4.78 is 1.78. The fourth-order valence-corrected chi connectivity index (χ4v) is 5.07. The maximum Gasteiger partial charge on any atom is 0.298 e. The molecule has 0 unspecified atom stereocenters. The Morgan fingerprint density at radius 1 is 0.816 bits per heavy atom. The zero-order valence-electron chi connectivity index (χ0n) is 22.4. The number of carbonyl (C=O) groups is 2. The average Bonchev–Trinajstić information content (AvgIpc) is 3.22. The number of hydrogen-bond acceptors (Lipinski definition) is 5. The van der Waals surface area contributed by atoms with E-state index in [1.807, 2.05) is 81.6 Å². The number of rotatable bonds is 6. The van der Waals surface area contributed by atoms with Crippen LogP contribution in [0.3, 0.4) is 0 Å². The van der Waals surface area contributed by atoms with E-state index in [4.69, 9.17) is 4.98 Å². The second kappa shape index (κ2) is 10.5. The summed E-state index contributed by atoms with van der Waals surface area (Å²) in [7, 11) is 1.81. The van der Waals surface area contributed by atoms with Crippen molar-refractivity contribution in [2.75, 3.05) is 41.3 Å². The number of carbonyl (C=O) groups excluding carboxylic acids is 2. The van der Waals surface area contributed by atoms with Crippen LogP contribution in [0.2, 0.25) is 0 Å². The van der Waals surface area contributed by atoms with Gasteiger partial charge in [-0.3, -0.25) is 9.59 Å². The number of Topliss-reactive ketones (excluding diaryl/α,β-unsaturated/α-hetero) is 1. The van der Waals surface area contributed by atoms with Gasteiger partial charge < -0.3 is 19.7 Å². The molecule has 0 bridgehead atoms. The summed E-state index contributed by atoms with van der Waals surface area (Å²) in [5.41, 5.74) is 6.92. The van der Waals surface area contributed by atoms with Crippen molar-refractivity contribution in [1.82, 2.24) is 9.55 Å². The van der Waals surface area contributed by atoms with E-state index in [0.29, 0.717) is 11.4 Å². The molecule has 0 saturated carbocycles. The van der Waals surface area contributed by atoms with Gasteiger partial charge in [0.2, 0.25) is 0 Å². The molecule has 194 valence electrons. The predicted octanol–water partition coefficient (Wildman–Crippen LogP) is 5.16. The van der Waals surface area contributed by atoms with E-state index in [2.05, 4.69) is 34.2 Å². The van der Waals surface area contributed by atoms with Crippen LogP contribution in [0.25, 0.3) is 11.1 Å². The smallest absolute Gasteiger partial charge is 0.298 e. The van der Waals surface area contributed by atoms with Crippen LogP contribution in [0, 0.1) is 20.8 Å². The van der Waals surface area contributed by atoms with Gasteiger partial charge in [0.25, 0.3) is 11.7 Å². The summed E-state index contributed by atoms with van der Waals surface area (Å²) in [6, 6.07) is 23.5. The van der Waals surface area contributed by atoms with Gasteiger partial charge in [-0.2, -0.15) is 0 Å². The lowest BCUT2D eigenvalue weighted by molar-refractivity contribution is -0.112. The molecule has 4 aromatic rings. The molecule has 7 heteroatoms. The minimum atomic E-state index is -0.648. The van der Waals surface area contributed by atoms with Crippen LogP contribution in [0.4, 0.5) is 17.2 Å². The van der Waals surface area contributed by atoms with Crippen LogP contribution in [0.1, 0.15) is 27.4 Å². The van der Waals surface area contributed by atoms with Crippen LogP contribution in [0.5, 0.6) is 0 Å². The molecule has 0 spiro atoms. The van der Waals surface area contributed by atoms with Gasteiger partial charge in [0.15, 0.2) is 0 Å². The third-order valence-corrected chi connectivity index (χ3v) is 7.16. The van der Waals surface area contributed by atoms with Gasteiger partial charge >= 0.3 is 0 Å². The highest BCUT2D eigenvalue weighted by atomic mass is 16.2. The number of nitrogens with zero attached hydrogens (tertiary/aromatic N) is 4. The van der Waals surface area contributed by atoms with Crippen LogP contribution in [0.15, 0.2) is 72.8 Å². The third-order valence-electron chi connectivity index (χ3n) is 7.16. The fourth-order valence-electron chi connectivity index (χ4n) is 5.07. The molecule has 0 atom stereocenters. The first-order valence-electron chi connectivity index (χ1n) is 12.9. The lowest BCUT2D eigenvalue weighted by Gasteiger charge is -2.37. The highest BCUT2D eigenvalue weighted by Crippen LogP contribution is 2.28. The Bertz CT molecular complexity index is 1450. The van der Waals surface area contributed by atoms with Crippen LogP contribution in [-0.2, 0) is 11.8 Å². The van der Waals surface area contributed by atoms with Crippen molar-refractivity contribution < 1.29 is 9.59 Å². The Morgan fingerprint density at radius 2 is 1.47 bits per heavy atom. The SMILES string of the molecule is Cc1cc(C)nc(N2CCN(c3ccc(NC(=O)C(=O)c4c(-c5ccccc5)cc(C)n4C)cc3)CC2)c1. The normalized spacial score (nSPS) is 13.5. The molecule has 3 heterocycles. The summed E-state index contributed by atoms with van der Waals surface area (Å²) in [5, 5.41) is 2.79. The molecule has 7 nitrogen and oxygen atoms in total. The monoisotopic (exact) mass is 507 g/mol. The van der Waals surface area contributed by atoms with Crippen molar-refractivity contribution in [3.63, 3.8) is 0 Å². The topological polar surface area (TPSA) is 70.5 Å². The minimum absolute atomic E-state index is 0.388. The van der Waals surface area contributed by atoms with E-state index >= 15 is 0 Å². The number of hydrogen-bond donors (Lipinski definition) is 1. The predicted molar refractivity (Wildman–Crippen MR) is 153 cm³/mol. The van der Waals surface area contributed by atoms with Crippen LogP contribution < -0.4 is 15.1 Å². The van der Waals surface area contributed by atoms with Crippen molar-refractivity contribution in [1.29, 1.82) is 0 Å². The molecule has 0 aliphatic carbocycles. The molecule has 1 aliphatic rings. The number of ketones is 1. The van der Waals surface area contributed by atoms with Crippen LogP contribution in [-0.4, -0.2) is 47.4 Å². The number of anilines is 3. The van der Waals surface area contributed by atoms with E-state index in [1.165, 1.54) is 5.56 Å². The molecular weight excluding hydrogens is 474 g/mol. The van der Waals surface area contributed by atoms with Crippen LogP contribution >= 0.6 is 0 Å². The first-order chi connectivity index (χ1) is 18.3. The number of benzene rings is 2. The third kappa shape index (κ3) is 5.18. The highest BCUT2D eigenvalue weighted by molar-refractivity contribution is 6.47. The van der Waals surface area contributed by atoms with Crippen molar-refractivity contribution in [3.8, 4) is 11.1 Å². The van der Waals surface area contributed by atoms with Crippen molar-refractivity contribution in [2.24, 2.45) is 7.05 Å². The Hall–Kier alpha value is -4.39. The van der Waals surface area contributed by atoms with Gasteiger partial charge in [-0.15, -0.1) is 0 Å². The molecule has 1 amide bonds. The zero-order valence-corrected chi connectivity index (χ0v) is 22.4. The van der Waals surface area contributed by atoms with E-state index in [-0.39, 0.29) is 0 Å². The Labute approximate surface area is 223 Å². The second-order valence-electron chi connectivity index (χ2n) is 9.92. The first-order valence-corrected chi connectivity index (χ1v) is 12.9. The number of pyridine rings is 1. The summed E-state index contributed by atoms with van der Waals surface area (Å²) in [6.07, 6.45) is 0. The molecule has 1 fully saturated rings. The van der Waals surface area contributed by atoms with E-state index in [0.717, 1.165) is 60.2 Å². The van der Waals surface area contributed by atoms with E-state index in [9.17, 15) is 9.59 Å². The lowest BCUT2D eigenvalue weighted by Crippen LogP contribution is -2.46. The van der Waals surface area contributed by atoms with Gasteiger partial charge in [-0.05, 0) is 74.4 Å². The fraction of sp³-hybridized carbons (Fsp3) is 0.258. The van der Waals surface area contributed by atoms with Gasteiger partial charge in [-0.25, -0.2) is 4.98 Å². The van der Waals surface area contributed by atoms with Gasteiger partial charge in [-0.1, -0.05) is 30.3 Å². The molecule has 5 rings (SSSR count). The van der Waals surface area contributed by atoms with Crippen molar-refractivity contribution >= 4 is 28.9 Å². The average molecular weight is 508 g/mol. The summed E-state index contributed by atoms with van der Waals surface area (Å²) >= 11 is 0. The zero-order chi connectivity index (χ0) is 26.8. The molecule has 1 aliphatic heterocycles. The molecular formula is C31H33N5O2. The number of piperazine rings is 1. The quantitative estimate of drug-likeness (QED) is 0.288. The molecule has 38 heavy (non-hydrogen) atoms. The highest BCUT2D eigenvalue weighted by Gasteiger charge is 2.25. The molecule has 2 aromatic carbocycles. The van der Waals surface area contributed by atoms with E-state index in [1.54, 1.807) is 4.57 Å². The number of aryl methyl sites for hydroxylation is 3. The Balaban J connectivity index is 1.24. The Morgan fingerprint density at radius 3 is 2.13 bits per heavy atom. The first kappa shape index (κ1) is 25.3. The molecule has 0 radical (unpaired) electrons. The van der Waals surface area contributed by atoms with Gasteiger partial charge in [0.05, 0.1) is 0 Å². The summed E-state index contributed by atoms with van der Waals surface area (Å²) in [5.74, 6) is -0.168. The molecule has 1 N–H and O–H groups in total. The maximum absolute atomic E-state index is 13.2. The second-order valence-corrected chi connectivity index (χ2v) is 9.92. The maximum atomic E-state index is 13.2. The summed E-state index contributed by atoms with van der Waals surface area (Å²) in [6.45, 7) is 9.61. The number of amides is 1. The standard InChI is InChI=1S/C31H33N5O2/c1-21-18-22(2)32-28(19-21)36-16-14-35(15-17-36)26-12-10-25(11-13-26)33-31(38)30(37)29-27(20-23(3)34(29)4)24-8-6-5-7-9-24/h5-13,18-20H,14-17H2,1-4H3,(H,33,38). The Kier molecular flexibility index (Phi) is 7.01. The largest absolute Gasteiger partial charge is 0.368 e. The van der Waals surface area contributed by atoms with Gasteiger partial charge in [0, 0.05) is 61.6 Å². The van der Waals surface area contributed by atoms with E-state index < -0.39 is 11.7 Å². The molecule has 1 saturated heterocycles. The van der Waals surface area contributed by atoms with Crippen molar-refractivity contribution in [3.05, 3.63) is 95.4 Å². The lowest BCUT2D eigenvalue weighted by atomic mass is 10.0. The minimum Gasteiger partial charge on any atom is -0.368 e.